The van der Waals surface area contributed by atoms with Crippen LogP contribution in [-0.2, 0) is 56.7 Å². The Bertz CT molecular complexity index is 1740. The molecule has 0 atom stereocenters. The molecule has 0 aliphatic rings. The maximum absolute atomic E-state index is 11.1. The minimum Gasteiger partial charge on any atom is -1.00 e. The minimum atomic E-state index is -4.19. The first-order valence-corrected chi connectivity index (χ1v) is 19.6. The van der Waals surface area contributed by atoms with E-state index in [2.05, 4.69) is 45.7 Å². The number of aromatic hydroxyl groups is 1. The molecule has 0 aliphatic heterocycles. The van der Waals surface area contributed by atoms with Gasteiger partial charge < -0.3 is 40.4 Å². The third kappa shape index (κ3) is 40.5. The standard InChI is InChI=1S/C10H11ClO5S.C10H12O3.C7H8O.C3H5BrO2.CH2O3.ClHO3S.2Cs.H/c1-7-5-8(17(11,13)14)3-4-9(7)16-6-10(12)15-2;1-8-5-3-4-6-9(8)13-7-10(11)12-2;1-6-4-2-3-5-7(6)8;1-6-3(5)2-4;2-1-4-3;1-5(2,3)4;;;/h3-5H,6H2,1-2H3;3-6H,7H2,1-2H3;2-5,8H,1H3;2H2,1H3;1,3H;(H,2,3,4);;;/q;;;;;;2*+1;-1/p-1. The summed E-state index contributed by atoms with van der Waals surface area (Å²) in [6.07, 6.45) is 0. The van der Waals surface area contributed by atoms with Crippen molar-refractivity contribution in [2.45, 2.75) is 25.7 Å². The first-order chi connectivity index (χ1) is 24.6. The summed E-state index contributed by atoms with van der Waals surface area (Å²) in [7, 11) is 5.24. The molecule has 17 nitrogen and oxygen atoms in total. The Hall–Kier alpha value is -0.0761. The molecule has 0 saturated carbocycles. The van der Waals surface area contributed by atoms with Crippen LogP contribution in [0.4, 0.5) is 0 Å². The molecule has 0 unspecified atom stereocenters. The molecule has 3 aromatic rings. The van der Waals surface area contributed by atoms with Crippen LogP contribution in [-0.4, -0.2) is 90.7 Å². The average Bonchev–Trinajstić information content (AvgIpc) is 3.11. The average molecular weight is 1160 g/mol. The zero-order valence-corrected chi connectivity index (χ0v) is 48.3. The van der Waals surface area contributed by atoms with Gasteiger partial charge >= 0.3 is 165 Å². The summed E-state index contributed by atoms with van der Waals surface area (Å²) in [6, 6.07) is 18.9. The Morgan fingerprint density at radius 3 is 1.40 bits per heavy atom. The number of hydrogen-bond acceptors (Lipinski definition) is 16. The van der Waals surface area contributed by atoms with Crippen molar-refractivity contribution < 1.29 is 219 Å². The number of phenols is 1. The number of hydrogen-bond donors (Lipinski definition) is 2. The number of esters is 3. The smallest absolute Gasteiger partial charge is 1.00 e. The number of benzene rings is 3. The second-order valence-corrected chi connectivity index (χ2v) is 14.1. The minimum absolute atomic E-state index is 0. The fourth-order valence-corrected chi connectivity index (χ4v) is 3.73. The van der Waals surface area contributed by atoms with E-state index in [1.165, 1.54) is 39.5 Å². The predicted molar refractivity (Wildman–Crippen MR) is 195 cm³/mol. The summed E-state index contributed by atoms with van der Waals surface area (Å²) >= 11 is 2.90. The molecule has 0 aliphatic carbocycles. The van der Waals surface area contributed by atoms with Gasteiger partial charge in [0, 0.05) is 21.4 Å². The van der Waals surface area contributed by atoms with Crippen molar-refractivity contribution in [3.05, 3.63) is 83.4 Å². The third-order valence-corrected chi connectivity index (χ3v) is 6.97. The molecule has 0 heterocycles. The molecule has 0 saturated heterocycles. The second-order valence-electron chi connectivity index (χ2n) is 8.96. The van der Waals surface area contributed by atoms with Crippen molar-refractivity contribution in [1.82, 2.24) is 0 Å². The fourth-order valence-electron chi connectivity index (χ4n) is 2.66. The van der Waals surface area contributed by atoms with E-state index in [0.717, 1.165) is 11.1 Å². The quantitative estimate of drug-likeness (QED) is 0.0339. The van der Waals surface area contributed by atoms with Crippen LogP contribution >= 0.6 is 37.3 Å². The molecule has 24 heteroatoms. The molecule has 300 valence electrons. The van der Waals surface area contributed by atoms with Gasteiger partial charge in [0.25, 0.3) is 15.5 Å². The van der Waals surface area contributed by atoms with Crippen LogP contribution in [0.3, 0.4) is 0 Å². The number of methoxy groups -OCH3 is 3. The van der Waals surface area contributed by atoms with Crippen LogP contribution in [0, 0.1) is 20.8 Å². The second kappa shape index (κ2) is 38.1. The molecule has 0 radical (unpaired) electrons. The van der Waals surface area contributed by atoms with Crippen LogP contribution < -0.4 is 153 Å². The number of aryl methyl sites for hydroxylation is 3. The molecular formula is C31H39BrCl2Cs2O17S2. The number of phenolic OH excluding ortho intramolecular Hbond substituents is 1. The topological polar surface area (TPSA) is 255 Å². The van der Waals surface area contributed by atoms with Crippen LogP contribution in [0.1, 0.15) is 18.1 Å². The van der Waals surface area contributed by atoms with E-state index in [0.29, 0.717) is 22.8 Å². The van der Waals surface area contributed by atoms with Gasteiger partial charge in [-0.15, -0.1) is 0 Å². The van der Waals surface area contributed by atoms with Gasteiger partial charge in [-0.2, -0.15) is 8.42 Å². The Morgan fingerprint density at radius 2 is 1.13 bits per heavy atom. The molecule has 0 amide bonds. The summed E-state index contributed by atoms with van der Waals surface area (Å²) in [6.45, 7) is 4.99. The van der Waals surface area contributed by atoms with E-state index in [9.17, 15) is 22.8 Å². The van der Waals surface area contributed by atoms with E-state index >= 15 is 0 Å². The van der Waals surface area contributed by atoms with Gasteiger partial charge in [-0.3, -0.25) is 14.1 Å². The van der Waals surface area contributed by atoms with Crippen molar-refractivity contribution in [2.75, 3.05) is 39.9 Å². The van der Waals surface area contributed by atoms with E-state index in [-0.39, 0.29) is 181 Å². The van der Waals surface area contributed by atoms with Crippen LogP contribution in [0.5, 0.6) is 17.2 Å². The number of carbonyl (C=O) groups is 4. The number of alkyl halides is 1. The van der Waals surface area contributed by atoms with Gasteiger partial charge in [0.15, 0.2) is 13.2 Å². The van der Waals surface area contributed by atoms with Crippen LogP contribution in [0.2, 0.25) is 0 Å². The largest absolute Gasteiger partial charge is 1.00 e. The maximum atomic E-state index is 11.1. The zero-order valence-electron chi connectivity index (χ0n) is 32.0. The first-order valence-electron chi connectivity index (χ1n) is 13.9. The van der Waals surface area contributed by atoms with Crippen molar-refractivity contribution in [1.29, 1.82) is 0 Å². The number of rotatable bonds is 9. The number of halogens is 3. The summed E-state index contributed by atoms with van der Waals surface area (Å²) < 4.78 is 70.7. The third-order valence-electron chi connectivity index (χ3n) is 5.16. The molecule has 2 N–H and O–H groups in total. The summed E-state index contributed by atoms with van der Waals surface area (Å²) in [4.78, 5) is 42.8. The normalized spacial score (nSPS) is 9.22. The Labute approximate surface area is 456 Å². The Morgan fingerprint density at radius 1 is 0.745 bits per heavy atom. The van der Waals surface area contributed by atoms with Gasteiger partial charge in [-0.25, -0.2) is 18.0 Å². The Balaban J connectivity index is -0.000000143. The zero-order chi connectivity index (χ0) is 41.6. The summed E-state index contributed by atoms with van der Waals surface area (Å²) in [5, 5.41) is 17.6. The number of ether oxygens (including phenoxy) is 5. The van der Waals surface area contributed by atoms with Crippen molar-refractivity contribution in [3.8, 4) is 17.2 Å². The molecular weight excluding hydrogens is 1130 g/mol. The van der Waals surface area contributed by atoms with Crippen molar-refractivity contribution in [3.63, 3.8) is 0 Å². The van der Waals surface area contributed by atoms with Crippen LogP contribution in [0.15, 0.2) is 71.6 Å². The fraction of sp³-hybridized carbons (Fsp3) is 0.290. The predicted octanol–water partition coefficient (Wildman–Crippen LogP) is -2.14. The first kappa shape index (κ1) is 64.1. The van der Waals surface area contributed by atoms with Gasteiger partial charge in [0.05, 0.1) is 26.2 Å². The molecule has 0 spiro atoms. The van der Waals surface area contributed by atoms with E-state index < -0.39 is 24.4 Å². The molecule has 3 rings (SSSR count). The van der Waals surface area contributed by atoms with Gasteiger partial charge in [0.1, 0.15) is 22.6 Å². The van der Waals surface area contributed by atoms with Gasteiger partial charge in [-0.1, -0.05) is 52.3 Å². The van der Waals surface area contributed by atoms with E-state index in [1.54, 1.807) is 13.0 Å². The van der Waals surface area contributed by atoms with Crippen molar-refractivity contribution in [2.24, 2.45) is 0 Å². The molecule has 3 aromatic carbocycles. The monoisotopic (exact) mass is 1160 g/mol. The maximum Gasteiger partial charge on any atom is 1.00 e. The Kier molecular flexibility index (Phi) is 44.4. The summed E-state index contributed by atoms with van der Waals surface area (Å²) in [5.74, 6) is 0.358. The summed E-state index contributed by atoms with van der Waals surface area (Å²) in [5.41, 5.74) is 2.49. The SMILES string of the molecule is COC(=O)CBr.COC(=O)COc1ccc(S(=O)(=O)Cl)cc1C.COC(=O)COc1ccccc1C.Cc1ccccc1O.O=CO[O-].O=S(=O)(O)Cl.[Cs+].[Cs+].[H-]. The molecule has 55 heavy (non-hydrogen) atoms. The molecule has 0 bridgehead atoms. The number of carbonyl (C=O) groups excluding carboxylic acids is 4. The molecule has 0 fully saturated rings. The van der Waals surface area contributed by atoms with E-state index in [4.69, 9.17) is 48.3 Å². The molecule has 0 aromatic heterocycles. The van der Waals surface area contributed by atoms with Crippen molar-refractivity contribution >= 4 is 80.1 Å². The van der Waals surface area contributed by atoms with Gasteiger partial charge in [-0.05, 0) is 67.8 Å². The van der Waals surface area contributed by atoms with Crippen LogP contribution in [0.25, 0.3) is 0 Å². The van der Waals surface area contributed by atoms with Gasteiger partial charge in [0.2, 0.25) is 0 Å². The number of para-hydroxylation sites is 2. The van der Waals surface area contributed by atoms with E-state index in [1.807, 2.05) is 56.3 Å².